The quantitative estimate of drug-likeness (QED) is 0.262. The van der Waals surface area contributed by atoms with E-state index in [1.165, 1.54) is 6.92 Å². The molecule has 156 valence electrons. The molecular weight excluding hydrogens is 428 g/mol. The van der Waals surface area contributed by atoms with Crippen molar-refractivity contribution in [1.82, 2.24) is 10.2 Å². The molecule has 0 spiro atoms. The number of rotatable bonds is 9. The number of benzene rings is 2. The first-order chi connectivity index (χ1) is 14.5. The average molecular weight is 447 g/mol. The zero-order valence-electron chi connectivity index (χ0n) is 16.4. The highest BCUT2D eigenvalue weighted by Gasteiger charge is 2.14. The SMILES string of the molecule is CCOc1ccc(C(C)=O)cc1COC(=O)CSc1nnc(-c2ccc(Cl)cc2)o1. The number of Topliss-reactive ketones (excluding diaryl/α,β-unsaturated/α-hetero) is 1. The van der Waals surface area contributed by atoms with Gasteiger partial charge in [0.2, 0.25) is 5.89 Å². The van der Waals surface area contributed by atoms with Crippen LogP contribution in [0.3, 0.4) is 0 Å². The van der Waals surface area contributed by atoms with Gasteiger partial charge in [-0.05, 0) is 56.3 Å². The fourth-order valence-corrected chi connectivity index (χ4v) is 3.19. The van der Waals surface area contributed by atoms with Crippen LogP contribution in [0.15, 0.2) is 52.1 Å². The molecule has 2 aromatic carbocycles. The van der Waals surface area contributed by atoms with Crippen molar-refractivity contribution in [3.05, 3.63) is 58.6 Å². The van der Waals surface area contributed by atoms with Crippen molar-refractivity contribution in [1.29, 1.82) is 0 Å². The molecule has 0 unspecified atom stereocenters. The van der Waals surface area contributed by atoms with E-state index in [0.717, 1.165) is 17.3 Å². The van der Waals surface area contributed by atoms with Crippen molar-refractivity contribution in [2.75, 3.05) is 12.4 Å². The van der Waals surface area contributed by atoms with Crippen molar-refractivity contribution in [3.63, 3.8) is 0 Å². The summed E-state index contributed by atoms with van der Waals surface area (Å²) in [5, 5.41) is 8.75. The largest absolute Gasteiger partial charge is 0.493 e. The smallest absolute Gasteiger partial charge is 0.316 e. The molecule has 7 nitrogen and oxygen atoms in total. The van der Waals surface area contributed by atoms with Gasteiger partial charge < -0.3 is 13.9 Å². The summed E-state index contributed by atoms with van der Waals surface area (Å²) in [6.07, 6.45) is 0. The van der Waals surface area contributed by atoms with Gasteiger partial charge in [0, 0.05) is 21.7 Å². The van der Waals surface area contributed by atoms with Crippen LogP contribution < -0.4 is 4.74 Å². The second-order valence-electron chi connectivity index (χ2n) is 6.14. The second-order valence-corrected chi connectivity index (χ2v) is 7.50. The highest BCUT2D eigenvalue weighted by atomic mass is 35.5. The van der Waals surface area contributed by atoms with Crippen molar-refractivity contribution < 1.29 is 23.5 Å². The number of nitrogens with zero attached hydrogens (tertiary/aromatic N) is 2. The minimum Gasteiger partial charge on any atom is -0.493 e. The van der Waals surface area contributed by atoms with Gasteiger partial charge in [0.1, 0.15) is 18.1 Å². The zero-order chi connectivity index (χ0) is 21.5. The van der Waals surface area contributed by atoms with Crippen LogP contribution in [0.5, 0.6) is 5.75 Å². The lowest BCUT2D eigenvalue weighted by Gasteiger charge is -2.11. The maximum Gasteiger partial charge on any atom is 0.316 e. The van der Waals surface area contributed by atoms with E-state index >= 15 is 0 Å². The lowest BCUT2D eigenvalue weighted by atomic mass is 10.1. The van der Waals surface area contributed by atoms with Crippen LogP contribution in [-0.2, 0) is 16.1 Å². The maximum absolute atomic E-state index is 12.1. The first kappa shape index (κ1) is 21.9. The molecule has 0 aliphatic rings. The molecule has 0 saturated heterocycles. The summed E-state index contributed by atoms with van der Waals surface area (Å²) in [7, 11) is 0. The monoisotopic (exact) mass is 446 g/mol. The number of ketones is 1. The molecule has 0 aliphatic heterocycles. The van der Waals surface area contributed by atoms with Crippen LogP contribution >= 0.6 is 23.4 Å². The Morgan fingerprint density at radius 1 is 1.13 bits per heavy atom. The fourth-order valence-electron chi connectivity index (χ4n) is 2.51. The average Bonchev–Trinajstić information content (AvgIpc) is 3.21. The summed E-state index contributed by atoms with van der Waals surface area (Å²) >= 11 is 6.95. The Labute approximate surface area is 182 Å². The van der Waals surface area contributed by atoms with E-state index in [1.54, 1.807) is 42.5 Å². The molecule has 30 heavy (non-hydrogen) atoms. The van der Waals surface area contributed by atoms with Crippen LogP contribution in [0.2, 0.25) is 5.02 Å². The Balaban J connectivity index is 1.56. The Morgan fingerprint density at radius 2 is 1.90 bits per heavy atom. The number of hydrogen-bond donors (Lipinski definition) is 0. The van der Waals surface area contributed by atoms with Gasteiger partial charge in [-0.3, -0.25) is 9.59 Å². The first-order valence-corrected chi connectivity index (χ1v) is 10.5. The molecule has 0 amide bonds. The molecule has 0 saturated carbocycles. The van der Waals surface area contributed by atoms with E-state index in [1.807, 2.05) is 6.92 Å². The highest BCUT2D eigenvalue weighted by Crippen LogP contribution is 2.25. The van der Waals surface area contributed by atoms with Gasteiger partial charge in [-0.15, -0.1) is 10.2 Å². The van der Waals surface area contributed by atoms with Gasteiger partial charge in [0.15, 0.2) is 5.78 Å². The molecule has 3 rings (SSSR count). The zero-order valence-corrected chi connectivity index (χ0v) is 18.0. The summed E-state index contributed by atoms with van der Waals surface area (Å²) < 4.78 is 16.4. The maximum atomic E-state index is 12.1. The number of ether oxygens (including phenoxy) is 2. The molecule has 0 fully saturated rings. The summed E-state index contributed by atoms with van der Waals surface area (Å²) in [5.41, 5.74) is 1.89. The predicted octanol–water partition coefficient (Wildman–Crippen LogP) is 4.83. The van der Waals surface area contributed by atoms with Gasteiger partial charge in [-0.25, -0.2) is 0 Å². The molecule has 1 heterocycles. The topological polar surface area (TPSA) is 91.5 Å². The van der Waals surface area contributed by atoms with Crippen molar-refractivity contribution in [3.8, 4) is 17.2 Å². The molecule has 0 bridgehead atoms. The first-order valence-electron chi connectivity index (χ1n) is 9.10. The molecule has 0 atom stereocenters. The standard InChI is InChI=1S/C21H19ClN2O5S/c1-3-27-18-9-6-15(13(2)25)10-16(18)11-28-19(26)12-30-21-24-23-20(29-21)14-4-7-17(22)8-5-14/h4-10H,3,11-12H2,1-2H3. The Kier molecular flexibility index (Phi) is 7.48. The third-order valence-electron chi connectivity index (χ3n) is 3.97. The summed E-state index contributed by atoms with van der Waals surface area (Å²) in [6.45, 7) is 3.79. The normalized spacial score (nSPS) is 10.6. The summed E-state index contributed by atoms with van der Waals surface area (Å²) in [4.78, 5) is 23.7. The van der Waals surface area contributed by atoms with E-state index in [2.05, 4.69) is 10.2 Å². The summed E-state index contributed by atoms with van der Waals surface area (Å²) in [6, 6.07) is 12.0. The van der Waals surface area contributed by atoms with E-state index in [9.17, 15) is 9.59 Å². The molecule has 0 aliphatic carbocycles. The van der Waals surface area contributed by atoms with Crippen molar-refractivity contribution in [2.45, 2.75) is 25.7 Å². The Hall–Kier alpha value is -2.84. The van der Waals surface area contributed by atoms with Gasteiger partial charge in [-0.2, -0.15) is 0 Å². The predicted molar refractivity (Wildman–Crippen MR) is 113 cm³/mol. The number of aromatic nitrogens is 2. The van der Waals surface area contributed by atoms with E-state index in [0.29, 0.717) is 34.4 Å². The van der Waals surface area contributed by atoms with Gasteiger partial charge >= 0.3 is 5.97 Å². The summed E-state index contributed by atoms with van der Waals surface area (Å²) in [5.74, 6) is 0.381. The van der Waals surface area contributed by atoms with E-state index in [-0.39, 0.29) is 23.4 Å². The van der Waals surface area contributed by atoms with Gasteiger partial charge in [0.25, 0.3) is 5.22 Å². The number of carbonyl (C=O) groups excluding carboxylic acids is 2. The number of esters is 1. The Morgan fingerprint density at radius 3 is 2.60 bits per heavy atom. The molecule has 9 heteroatoms. The fraction of sp³-hybridized carbons (Fsp3) is 0.238. The molecule has 0 radical (unpaired) electrons. The van der Waals surface area contributed by atoms with Gasteiger partial charge in [-0.1, -0.05) is 23.4 Å². The van der Waals surface area contributed by atoms with Crippen molar-refractivity contribution in [2.24, 2.45) is 0 Å². The highest BCUT2D eigenvalue weighted by molar-refractivity contribution is 7.99. The van der Waals surface area contributed by atoms with Gasteiger partial charge in [0.05, 0.1) is 6.61 Å². The third kappa shape index (κ3) is 5.84. The van der Waals surface area contributed by atoms with E-state index in [4.69, 9.17) is 25.5 Å². The van der Waals surface area contributed by atoms with Crippen LogP contribution in [0.4, 0.5) is 0 Å². The van der Waals surface area contributed by atoms with Crippen LogP contribution in [0.1, 0.15) is 29.8 Å². The molecule has 0 N–H and O–H groups in total. The number of hydrogen-bond acceptors (Lipinski definition) is 8. The lowest BCUT2D eigenvalue weighted by Crippen LogP contribution is -2.09. The lowest BCUT2D eigenvalue weighted by molar-refractivity contribution is -0.141. The molecule has 3 aromatic rings. The minimum atomic E-state index is -0.457. The minimum absolute atomic E-state index is 0.00137. The number of halogens is 1. The Bertz CT molecular complexity index is 1040. The van der Waals surface area contributed by atoms with Crippen molar-refractivity contribution >= 4 is 35.1 Å². The number of carbonyl (C=O) groups is 2. The molecular formula is C21H19ClN2O5S. The number of thioether (sulfide) groups is 1. The van der Waals surface area contributed by atoms with E-state index < -0.39 is 5.97 Å². The molecule has 1 aromatic heterocycles. The van der Waals surface area contributed by atoms with Crippen LogP contribution in [-0.4, -0.2) is 34.3 Å². The second kappa shape index (κ2) is 10.3. The third-order valence-corrected chi connectivity index (χ3v) is 5.01. The van der Waals surface area contributed by atoms with Crippen LogP contribution in [0, 0.1) is 0 Å². The van der Waals surface area contributed by atoms with Crippen LogP contribution in [0.25, 0.3) is 11.5 Å².